The van der Waals surface area contributed by atoms with E-state index < -0.39 is 5.54 Å². The number of nitrogens with two attached hydrogens (primary N) is 2. The van der Waals surface area contributed by atoms with E-state index in [1.165, 1.54) is 12.8 Å². The minimum atomic E-state index is -0.761. The van der Waals surface area contributed by atoms with Crippen molar-refractivity contribution in [2.24, 2.45) is 11.5 Å². The van der Waals surface area contributed by atoms with Gasteiger partial charge in [-0.15, -0.1) is 0 Å². The number of carbonyl (C=O) groups is 1. The number of hydrogen-bond donors (Lipinski definition) is 2. The third kappa shape index (κ3) is 1.84. The first-order valence-corrected chi connectivity index (χ1v) is 6.21. The van der Waals surface area contributed by atoms with Crippen molar-refractivity contribution in [1.29, 1.82) is 0 Å². The van der Waals surface area contributed by atoms with Crippen molar-refractivity contribution in [2.75, 3.05) is 6.54 Å². The monoisotopic (exact) mass is 225 g/mol. The zero-order valence-corrected chi connectivity index (χ0v) is 10.3. The van der Waals surface area contributed by atoms with Crippen LogP contribution in [0.25, 0.3) is 0 Å². The van der Waals surface area contributed by atoms with E-state index in [2.05, 4.69) is 18.7 Å². The van der Waals surface area contributed by atoms with Gasteiger partial charge >= 0.3 is 0 Å². The molecule has 0 spiro atoms. The third-order valence-corrected chi connectivity index (χ3v) is 4.42. The Hall–Kier alpha value is -0.610. The van der Waals surface area contributed by atoms with Crippen LogP contribution in [0.2, 0.25) is 0 Å². The van der Waals surface area contributed by atoms with Crippen LogP contribution in [-0.2, 0) is 4.79 Å². The number of amides is 1. The molecular formula is C12H23N3O. The Balaban J connectivity index is 2.07. The van der Waals surface area contributed by atoms with Gasteiger partial charge in [-0.25, -0.2) is 0 Å². The van der Waals surface area contributed by atoms with Gasteiger partial charge in [0.2, 0.25) is 5.91 Å². The maximum Gasteiger partial charge on any atom is 0.237 e. The van der Waals surface area contributed by atoms with Gasteiger partial charge in [0, 0.05) is 11.6 Å². The smallest absolute Gasteiger partial charge is 0.237 e. The fraction of sp³-hybridized carbons (Fsp3) is 0.917. The average Bonchev–Trinajstić information content (AvgIpc) is 2.70. The average molecular weight is 225 g/mol. The van der Waals surface area contributed by atoms with E-state index in [4.69, 9.17) is 11.5 Å². The van der Waals surface area contributed by atoms with Crippen molar-refractivity contribution in [3.8, 4) is 0 Å². The summed E-state index contributed by atoms with van der Waals surface area (Å²) in [6, 6.07) is 0.440. The molecule has 0 aromatic rings. The molecule has 1 heterocycles. The molecule has 0 radical (unpaired) electrons. The Morgan fingerprint density at radius 1 is 1.38 bits per heavy atom. The minimum Gasteiger partial charge on any atom is -0.368 e. The summed E-state index contributed by atoms with van der Waals surface area (Å²) in [6.45, 7) is 5.69. The second kappa shape index (κ2) is 3.70. The van der Waals surface area contributed by atoms with E-state index >= 15 is 0 Å². The maximum absolute atomic E-state index is 11.3. The number of primary amides is 1. The van der Waals surface area contributed by atoms with E-state index in [0.29, 0.717) is 6.04 Å². The van der Waals surface area contributed by atoms with Crippen molar-refractivity contribution >= 4 is 5.91 Å². The van der Waals surface area contributed by atoms with Crippen molar-refractivity contribution in [2.45, 2.75) is 63.1 Å². The fourth-order valence-electron chi connectivity index (χ4n) is 3.34. The number of rotatable bonds is 2. The summed E-state index contributed by atoms with van der Waals surface area (Å²) in [5, 5.41) is 0. The normalized spacial score (nSPS) is 39.1. The molecule has 2 aliphatic rings. The van der Waals surface area contributed by atoms with Crippen LogP contribution < -0.4 is 11.5 Å². The van der Waals surface area contributed by atoms with Crippen LogP contribution in [-0.4, -0.2) is 34.5 Å². The van der Waals surface area contributed by atoms with Gasteiger partial charge in [-0.1, -0.05) is 0 Å². The van der Waals surface area contributed by atoms with E-state index in [-0.39, 0.29) is 11.4 Å². The summed E-state index contributed by atoms with van der Waals surface area (Å²) in [6.07, 6.45) is 4.95. The molecule has 2 rings (SSSR count). The topological polar surface area (TPSA) is 72.3 Å². The van der Waals surface area contributed by atoms with Crippen molar-refractivity contribution in [3.63, 3.8) is 0 Å². The van der Waals surface area contributed by atoms with Gasteiger partial charge in [-0.05, 0) is 52.5 Å². The molecule has 1 aliphatic heterocycles. The van der Waals surface area contributed by atoms with Crippen LogP contribution >= 0.6 is 0 Å². The molecule has 1 amide bonds. The zero-order valence-electron chi connectivity index (χ0n) is 10.3. The Morgan fingerprint density at radius 2 is 2.06 bits per heavy atom. The largest absolute Gasteiger partial charge is 0.368 e. The highest BCUT2D eigenvalue weighted by Crippen LogP contribution is 2.38. The van der Waals surface area contributed by atoms with Gasteiger partial charge in [0.25, 0.3) is 0 Å². The number of carbonyl (C=O) groups excluding carboxylic acids is 1. The van der Waals surface area contributed by atoms with E-state index in [1.54, 1.807) is 0 Å². The molecule has 2 atom stereocenters. The molecule has 16 heavy (non-hydrogen) atoms. The number of likely N-dealkylation sites (tertiary alicyclic amines) is 1. The first-order chi connectivity index (χ1) is 7.35. The Labute approximate surface area is 97.3 Å². The van der Waals surface area contributed by atoms with Gasteiger partial charge in [0.1, 0.15) is 0 Å². The molecule has 1 saturated heterocycles. The molecular weight excluding hydrogens is 202 g/mol. The summed E-state index contributed by atoms with van der Waals surface area (Å²) in [5.41, 5.74) is 10.9. The van der Waals surface area contributed by atoms with Crippen LogP contribution in [0.3, 0.4) is 0 Å². The Bertz CT molecular complexity index is 303. The van der Waals surface area contributed by atoms with Gasteiger partial charge in [0.15, 0.2) is 0 Å². The lowest BCUT2D eigenvalue weighted by atomic mass is 9.96. The second-order valence-electron chi connectivity index (χ2n) is 6.03. The Morgan fingerprint density at radius 3 is 2.50 bits per heavy atom. The molecule has 0 bridgehead atoms. The minimum absolute atomic E-state index is 0.258. The van der Waals surface area contributed by atoms with Gasteiger partial charge in [0.05, 0.1) is 5.54 Å². The van der Waals surface area contributed by atoms with Gasteiger partial charge in [-0.2, -0.15) is 0 Å². The summed E-state index contributed by atoms with van der Waals surface area (Å²) in [4.78, 5) is 13.8. The molecule has 92 valence electrons. The van der Waals surface area contributed by atoms with Gasteiger partial charge < -0.3 is 11.5 Å². The number of nitrogens with zero attached hydrogens (tertiary/aromatic N) is 1. The molecule has 4 nitrogen and oxygen atoms in total. The van der Waals surface area contributed by atoms with Crippen molar-refractivity contribution < 1.29 is 4.79 Å². The first kappa shape index (κ1) is 11.9. The van der Waals surface area contributed by atoms with Crippen LogP contribution in [0.1, 0.15) is 46.0 Å². The summed E-state index contributed by atoms with van der Waals surface area (Å²) >= 11 is 0. The highest BCUT2D eigenvalue weighted by molar-refractivity contribution is 5.84. The number of hydrogen-bond acceptors (Lipinski definition) is 3. The summed E-state index contributed by atoms with van der Waals surface area (Å²) in [7, 11) is 0. The maximum atomic E-state index is 11.3. The van der Waals surface area contributed by atoms with Gasteiger partial charge in [-0.3, -0.25) is 9.69 Å². The highest BCUT2D eigenvalue weighted by atomic mass is 16.1. The predicted molar refractivity (Wildman–Crippen MR) is 63.8 cm³/mol. The van der Waals surface area contributed by atoms with Crippen LogP contribution in [0.4, 0.5) is 0 Å². The SMILES string of the molecule is CC1(C)CCCN1C1CCC(N)(C(N)=O)C1. The van der Waals surface area contributed by atoms with E-state index in [9.17, 15) is 4.79 Å². The summed E-state index contributed by atoms with van der Waals surface area (Å²) < 4.78 is 0. The molecule has 1 aliphatic carbocycles. The van der Waals surface area contributed by atoms with Crippen LogP contribution in [0.5, 0.6) is 0 Å². The van der Waals surface area contributed by atoms with Crippen LogP contribution in [0, 0.1) is 0 Å². The molecule has 4 heteroatoms. The van der Waals surface area contributed by atoms with Crippen molar-refractivity contribution in [3.05, 3.63) is 0 Å². The highest BCUT2D eigenvalue weighted by Gasteiger charge is 2.46. The lowest BCUT2D eigenvalue weighted by Crippen LogP contribution is -2.52. The lowest BCUT2D eigenvalue weighted by Gasteiger charge is -2.37. The molecule has 1 saturated carbocycles. The second-order valence-corrected chi connectivity index (χ2v) is 6.03. The quantitative estimate of drug-likeness (QED) is 0.722. The summed E-state index contributed by atoms with van der Waals surface area (Å²) in [5.74, 6) is -0.341. The van der Waals surface area contributed by atoms with Crippen LogP contribution in [0.15, 0.2) is 0 Å². The molecule has 0 aromatic heterocycles. The standard InChI is InChI=1S/C12H23N3O/c1-11(2)5-3-7-15(11)9-4-6-12(14,8-9)10(13)16/h9H,3-8,14H2,1-2H3,(H2,13,16). The molecule has 0 aromatic carbocycles. The first-order valence-electron chi connectivity index (χ1n) is 6.21. The predicted octanol–water partition coefficient (Wildman–Crippen LogP) is 0.596. The fourth-order valence-corrected chi connectivity index (χ4v) is 3.34. The van der Waals surface area contributed by atoms with E-state index in [0.717, 1.165) is 25.8 Å². The molecule has 4 N–H and O–H groups in total. The molecule has 2 unspecified atom stereocenters. The lowest BCUT2D eigenvalue weighted by molar-refractivity contribution is -0.123. The zero-order chi connectivity index (χ0) is 12.0. The molecule has 2 fully saturated rings. The van der Waals surface area contributed by atoms with E-state index in [1.807, 2.05) is 0 Å². The van der Waals surface area contributed by atoms with Crippen molar-refractivity contribution in [1.82, 2.24) is 4.90 Å². The third-order valence-electron chi connectivity index (χ3n) is 4.42. The Kier molecular flexibility index (Phi) is 2.75.